The van der Waals surface area contributed by atoms with Gasteiger partial charge in [0.15, 0.2) is 5.78 Å². The van der Waals surface area contributed by atoms with Crippen LogP contribution < -0.4 is 4.74 Å². The van der Waals surface area contributed by atoms with E-state index in [1.54, 1.807) is 18.2 Å². The van der Waals surface area contributed by atoms with Crippen LogP contribution in [0.1, 0.15) is 37.4 Å². The molecule has 0 heterocycles. The van der Waals surface area contributed by atoms with Crippen LogP contribution in [0.15, 0.2) is 36.4 Å². The van der Waals surface area contributed by atoms with Gasteiger partial charge in [-0.1, -0.05) is 12.1 Å². The van der Waals surface area contributed by atoms with Crippen molar-refractivity contribution in [1.82, 2.24) is 0 Å². The normalized spacial score (nSPS) is 10.2. The second-order valence-electron chi connectivity index (χ2n) is 4.84. The van der Waals surface area contributed by atoms with Gasteiger partial charge in [0.05, 0.1) is 12.7 Å². The van der Waals surface area contributed by atoms with Crippen LogP contribution in [0.2, 0.25) is 0 Å². The monoisotopic (exact) mass is 284 g/mol. The predicted molar refractivity (Wildman–Crippen MR) is 79.3 cm³/mol. The van der Waals surface area contributed by atoms with Gasteiger partial charge < -0.3 is 9.84 Å². The standard InChI is InChI=1S/C17H16O4/c1-10-4-5-12(8-11(10)2)16(18)14-7-6-13(21-3)9-15(14)17(19)20/h4-9H,1-3H3,(H,19,20). The Labute approximate surface area is 123 Å². The number of aryl methyl sites for hydroxylation is 2. The lowest BCUT2D eigenvalue weighted by Gasteiger charge is -2.09. The van der Waals surface area contributed by atoms with Crippen molar-refractivity contribution < 1.29 is 19.4 Å². The van der Waals surface area contributed by atoms with Crippen LogP contribution in [0.5, 0.6) is 5.75 Å². The molecule has 0 unspecified atom stereocenters. The number of carboxylic acids is 1. The van der Waals surface area contributed by atoms with Gasteiger partial charge in [0.1, 0.15) is 5.75 Å². The molecule has 1 N–H and O–H groups in total. The fourth-order valence-corrected chi connectivity index (χ4v) is 2.06. The van der Waals surface area contributed by atoms with Crippen molar-refractivity contribution in [2.45, 2.75) is 13.8 Å². The van der Waals surface area contributed by atoms with Crippen LogP contribution in [0.25, 0.3) is 0 Å². The number of rotatable bonds is 4. The lowest BCUT2D eigenvalue weighted by molar-refractivity contribution is 0.0692. The zero-order valence-corrected chi connectivity index (χ0v) is 12.1. The lowest BCUT2D eigenvalue weighted by Crippen LogP contribution is -2.10. The minimum Gasteiger partial charge on any atom is -0.497 e. The van der Waals surface area contributed by atoms with Crippen molar-refractivity contribution in [2.75, 3.05) is 7.11 Å². The first-order chi connectivity index (χ1) is 9.93. The lowest BCUT2D eigenvalue weighted by atomic mass is 9.96. The largest absolute Gasteiger partial charge is 0.497 e. The van der Waals surface area contributed by atoms with Gasteiger partial charge in [0.25, 0.3) is 0 Å². The van der Waals surface area contributed by atoms with Crippen LogP contribution in [0.4, 0.5) is 0 Å². The maximum atomic E-state index is 12.5. The number of ketones is 1. The molecule has 2 rings (SSSR count). The summed E-state index contributed by atoms with van der Waals surface area (Å²) in [5.74, 6) is -1.05. The highest BCUT2D eigenvalue weighted by Crippen LogP contribution is 2.22. The van der Waals surface area contributed by atoms with E-state index < -0.39 is 5.97 Å². The molecule has 4 heteroatoms. The summed E-state index contributed by atoms with van der Waals surface area (Å²) in [5.41, 5.74) is 2.65. The number of ether oxygens (including phenoxy) is 1. The minimum atomic E-state index is -1.15. The van der Waals surface area contributed by atoms with E-state index in [1.165, 1.54) is 19.2 Å². The summed E-state index contributed by atoms with van der Waals surface area (Å²) in [6.45, 7) is 3.87. The van der Waals surface area contributed by atoms with Crippen LogP contribution in [0, 0.1) is 13.8 Å². The predicted octanol–water partition coefficient (Wildman–Crippen LogP) is 3.24. The van der Waals surface area contributed by atoms with Crippen molar-refractivity contribution in [3.05, 3.63) is 64.2 Å². The summed E-state index contributed by atoms with van der Waals surface area (Å²) >= 11 is 0. The molecule has 4 nitrogen and oxygen atoms in total. The van der Waals surface area contributed by atoms with Crippen LogP contribution in [-0.2, 0) is 0 Å². The van der Waals surface area contributed by atoms with Crippen LogP contribution in [-0.4, -0.2) is 24.0 Å². The van der Waals surface area contributed by atoms with E-state index in [-0.39, 0.29) is 16.9 Å². The molecule has 0 amide bonds. The first kappa shape index (κ1) is 14.8. The van der Waals surface area contributed by atoms with E-state index in [0.717, 1.165) is 11.1 Å². The van der Waals surface area contributed by atoms with Gasteiger partial charge in [-0.05, 0) is 49.2 Å². The summed E-state index contributed by atoms with van der Waals surface area (Å²) < 4.78 is 5.01. The summed E-state index contributed by atoms with van der Waals surface area (Å²) in [6.07, 6.45) is 0. The molecule has 2 aromatic carbocycles. The number of hydrogen-bond acceptors (Lipinski definition) is 3. The van der Waals surface area contributed by atoms with E-state index in [9.17, 15) is 14.7 Å². The zero-order valence-electron chi connectivity index (χ0n) is 12.1. The Hall–Kier alpha value is -2.62. The van der Waals surface area contributed by atoms with Gasteiger partial charge in [-0.3, -0.25) is 4.79 Å². The average Bonchev–Trinajstić information content (AvgIpc) is 2.48. The summed E-state index contributed by atoms with van der Waals surface area (Å²) in [5, 5.41) is 9.27. The number of carbonyl (C=O) groups is 2. The number of benzene rings is 2. The first-order valence-corrected chi connectivity index (χ1v) is 6.47. The molecule has 0 bridgehead atoms. The third kappa shape index (κ3) is 2.94. The topological polar surface area (TPSA) is 63.6 Å². The number of carbonyl (C=O) groups excluding carboxylic acids is 1. The number of methoxy groups -OCH3 is 1. The molecule has 108 valence electrons. The van der Waals surface area contributed by atoms with E-state index >= 15 is 0 Å². The Morgan fingerprint density at radius 3 is 2.24 bits per heavy atom. The Balaban J connectivity index is 2.52. The Morgan fingerprint density at radius 1 is 0.952 bits per heavy atom. The molecule has 0 radical (unpaired) electrons. The van der Waals surface area contributed by atoms with E-state index in [1.807, 2.05) is 19.9 Å². The Bertz CT molecular complexity index is 717. The summed E-state index contributed by atoms with van der Waals surface area (Å²) in [6, 6.07) is 9.76. The van der Waals surface area contributed by atoms with Gasteiger partial charge in [-0.2, -0.15) is 0 Å². The fraction of sp³-hybridized carbons (Fsp3) is 0.176. The molecule has 0 aromatic heterocycles. The van der Waals surface area contributed by atoms with Gasteiger partial charge in [0, 0.05) is 11.1 Å². The zero-order chi connectivity index (χ0) is 15.6. The number of hydrogen-bond donors (Lipinski definition) is 1. The van der Waals surface area contributed by atoms with Crippen molar-refractivity contribution >= 4 is 11.8 Å². The molecule has 0 spiro atoms. The van der Waals surface area contributed by atoms with Crippen molar-refractivity contribution in [1.29, 1.82) is 0 Å². The molecule has 0 atom stereocenters. The highest BCUT2D eigenvalue weighted by Gasteiger charge is 2.19. The van der Waals surface area contributed by atoms with Crippen molar-refractivity contribution in [3.8, 4) is 5.75 Å². The molecule has 0 aliphatic rings. The van der Waals surface area contributed by atoms with Gasteiger partial charge in [0.2, 0.25) is 0 Å². The van der Waals surface area contributed by atoms with Crippen molar-refractivity contribution in [2.24, 2.45) is 0 Å². The second-order valence-corrected chi connectivity index (χ2v) is 4.84. The first-order valence-electron chi connectivity index (χ1n) is 6.47. The quantitative estimate of drug-likeness (QED) is 0.875. The molecular formula is C17H16O4. The Kier molecular flexibility index (Phi) is 4.08. The third-order valence-corrected chi connectivity index (χ3v) is 3.47. The van der Waals surface area contributed by atoms with E-state index in [0.29, 0.717) is 11.3 Å². The molecule has 0 saturated heterocycles. The third-order valence-electron chi connectivity index (χ3n) is 3.47. The smallest absolute Gasteiger partial charge is 0.336 e. The molecule has 0 aliphatic heterocycles. The summed E-state index contributed by atoms with van der Waals surface area (Å²) in [4.78, 5) is 23.9. The molecule has 0 fully saturated rings. The SMILES string of the molecule is COc1ccc(C(=O)c2ccc(C)c(C)c2)c(C(=O)O)c1. The highest BCUT2D eigenvalue weighted by atomic mass is 16.5. The maximum absolute atomic E-state index is 12.5. The van der Waals surface area contributed by atoms with Gasteiger partial charge in [-0.25, -0.2) is 4.79 Å². The molecule has 0 saturated carbocycles. The number of aromatic carboxylic acids is 1. The van der Waals surface area contributed by atoms with Crippen molar-refractivity contribution in [3.63, 3.8) is 0 Å². The molecule has 21 heavy (non-hydrogen) atoms. The van der Waals surface area contributed by atoms with E-state index in [2.05, 4.69) is 0 Å². The van der Waals surface area contributed by atoms with E-state index in [4.69, 9.17) is 4.74 Å². The van der Waals surface area contributed by atoms with Crippen LogP contribution in [0.3, 0.4) is 0 Å². The van der Waals surface area contributed by atoms with Crippen LogP contribution >= 0.6 is 0 Å². The maximum Gasteiger partial charge on any atom is 0.336 e. The minimum absolute atomic E-state index is 0.0578. The summed E-state index contributed by atoms with van der Waals surface area (Å²) in [7, 11) is 1.45. The Morgan fingerprint density at radius 2 is 1.67 bits per heavy atom. The van der Waals surface area contributed by atoms with Gasteiger partial charge in [-0.15, -0.1) is 0 Å². The molecule has 0 aliphatic carbocycles. The fourth-order valence-electron chi connectivity index (χ4n) is 2.06. The van der Waals surface area contributed by atoms with Gasteiger partial charge >= 0.3 is 5.97 Å². The molecular weight excluding hydrogens is 268 g/mol. The molecule has 2 aromatic rings. The second kappa shape index (κ2) is 5.79. The average molecular weight is 284 g/mol. The number of carboxylic acid groups (broad SMARTS) is 1. The highest BCUT2D eigenvalue weighted by molar-refractivity contribution is 6.14.